The van der Waals surface area contributed by atoms with Crippen LogP contribution in [0.25, 0.3) is 0 Å². The van der Waals surface area contributed by atoms with Gasteiger partial charge >= 0.3 is 0 Å². The molecule has 0 saturated carbocycles. The van der Waals surface area contributed by atoms with Gasteiger partial charge in [0.2, 0.25) is 0 Å². The van der Waals surface area contributed by atoms with Gasteiger partial charge < -0.3 is 10.6 Å². The van der Waals surface area contributed by atoms with E-state index in [0.29, 0.717) is 17.3 Å². The Morgan fingerprint density at radius 3 is 2.85 bits per heavy atom. The average molecular weight is 201 g/mol. The van der Waals surface area contributed by atoms with E-state index in [4.69, 9.17) is 22.2 Å². The number of hydroxylamine groups is 2. The summed E-state index contributed by atoms with van der Waals surface area (Å²) in [6.45, 7) is 0.625. The number of anilines is 1. The molecule has 13 heavy (non-hydrogen) atoms. The van der Waals surface area contributed by atoms with Gasteiger partial charge in [0.25, 0.3) is 0 Å². The molecule has 0 unspecified atom stereocenters. The first kappa shape index (κ1) is 10.3. The summed E-state index contributed by atoms with van der Waals surface area (Å²) in [4.78, 5) is 4.98. The minimum absolute atomic E-state index is 0.625. The van der Waals surface area contributed by atoms with E-state index >= 15 is 0 Å². The number of benzene rings is 1. The van der Waals surface area contributed by atoms with Gasteiger partial charge in [0.15, 0.2) is 0 Å². The van der Waals surface area contributed by atoms with Crippen molar-refractivity contribution in [3.05, 3.63) is 28.8 Å². The summed E-state index contributed by atoms with van der Waals surface area (Å²) in [6, 6.07) is 5.41. The summed E-state index contributed by atoms with van der Waals surface area (Å²) in [6.07, 6.45) is 0. The van der Waals surface area contributed by atoms with Crippen molar-refractivity contribution < 1.29 is 4.84 Å². The van der Waals surface area contributed by atoms with Crippen LogP contribution in [0.1, 0.15) is 5.56 Å². The van der Waals surface area contributed by atoms with Crippen molar-refractivity contribution in [1.29, 1.82) is 0 Å². The lowest BCUT2D eigenvalue weighted by Crippen LogP contribution is -2.16. The Morgan fingerprint density at radius 2 is 2.23 bits per heavy atom. The second kappa shape index (κ2) is 4.46. The molecule has 3 nitrogen and oxygen atoms in total. The van der Waals surface area contributed by atoms with Crippen molar-refractivity contribution in [3.63, 3.8) is 0 Å². The standard InChI is InChI=1S/C9H13ClN2O/c1-12(13-2)6-7-5-8(11)3-4-9(7)10/h3-5H,6,11H2,1-2H3. The zero-order valence-electron chi connectivity index (χ0n) is 7.75. The zero-order chi connectivity index (χ0) is 9.84. The predicted molar refractivity (Wildman–Crippen MR) is 54.3 cm³/mol. The Morgan fingerprint density at radius 1 is 1.54 bits per heavy atom. The molecular formula is C9H13ClN2O. The first-order chi connectivity index (χ1) is 6.13. The molecule has 0 heterocycles. The van der Waals surface area contributed by atoms with Crippen LogP contribution in [-0.2, 0) is 11.4 Å². The summed E-state index contributed by atoms with van der Waals surface area (Å²) in [7, 11) is 3.44. The van der Waals surface area contributed by atoms with Gasteiger partial charge in [-0.3, -0.25) is 0 Å². The minimum atomic E-state index is 0.625. The number of nitrogens with two attached hydrogens (primary N) is 1. The molecule has 0 saturated heterocycles. The van der Waals surface area contributed by atoms with Crippen molar-refractivity contribution in [3.8, 4) is 0 Å². The smallest absolute Gasteiger partial charge is 0.0575 e. The lowest BCUT2D eigenvalue weighted by atomic mass is 10.2. The number of nitrogen functional groups attached to an aromatic ring is 1. The summed E-state index contributed by atoms with van der Waals surface area (Å²) >= 11 is 5.96. The first-order valence-corrected chi connectivity index (χ1v) is 4.30. The van der Waals surface area contributed by atoms with E-state index in [0.717, 1.165) is 5.56 Å². The maximum Gasteiger partial charge on any atom is 0.0575 e. The maximum atomic E-state index is 5.96. The molecule has 1 aromatic rings. The van der Waals surface area contributed by atoms with Crippen molar-refractivity contribution in [2.75, 3.05) is 19.9 Å². The van der Waals surface area contributed by atoms with Crippen LogP contribution >= 0.6 is 11.6 Å². The lowest BCUT2D eigenvalue weighted by Gasteiger charge is -2.14. The number of hydrogen-bond acceptors (Lipinski definition) is 3. The fourth-order valence-corrected chi connectivity index (χ4v) is 1.20. The second-order valence-corrected chi connectivity index (χ2v) is 3.23. The van der Waals surface area contributed by atoms with Crippen LogP contribution in [0.2, 0.25) is 5.02 Å². The van der Waals surface area contributed by atoms with E-state index in [2.05, 4.69) is 0 Å². The van der Waals surface area contributed by atoms with Crippen LogP contribution in [-0.4, -0.2) is 19.2 Å². The molecule has 2 N–H and O–H groups in total. The van der Waals surface area contributed by atoms with Gasteiger partial charge in [0.05, 0.1) is 13.7 Å². The molecule has 0 amide bonds. The van der Waals surface area contributed by atoms with Gasteiger partial charge in [0.1, 0.15) is 0 Å². The normalized spacial score (nSPS) is 10.8. The number of halogens is 1. The predicted octanol–water partition coefficient (Wildman–Crippen LogP) is 1.92. The molecule has 0 aliphatic carbocycles. The molecule has 0 aliphatic rings. The minimum Gasteiger partial charge on any atom is -0.399 e. The topological polar surface area (TPSA) is 38.5 Å². The van der Waals surface area contributed by atoms with Gasteiger partial charge in [-0.25, -0.2) is 0 Å². The fourth-order valence-electron chi connectivity index (χ4n) is 1.02. The molecule has 0 spiro atoms. The monoisotopic (exact) mass is 200 g/mol. The molecule has 1 rings (SSSR count). The molecular weight excluding hydrogens is 188 g/mol. The van der Waals surface area contributed by atoms with Crippen molar-refractivity contribution >= 4 is 17.3 Å². The highest BCUT2D eigenvalue weighted by molar-refractivity contribution is 6.31. The van der Waals surface area contributed by atoms with Crippen LogP contribution in [0.5, 0.6) is 0 Å². The molecule has 72 valence electrons. The lowest BCUT2D eigenvalue weighted by molar-refractivity contribution is -0.116. The SMILES string of the molecule is CON(C)Cc1cc(N)ccc1Cl. The van der Waals surface area contributed by atoms with Crippen molar-refractivity contribution in [2.45, 2.75) is 6.54 Å². The van der Waals surface area contributed by atoms with Gasteiger partial charge in [-0.2, -0.15) is 5.06 Å². The summed E-state index contributed by atoms with van der Waals surface area (Å²) in [5.74, 6) is 0. The molecule has 0 bridgehead atoms. The van der Waals surface area contributed by atoms with E-state index < -0.39 is 0 Å². The molecule has 0 aliphatic heterocycles. The third-order valence-electron chi connectivity index (χ3n) is 1.77. The van der Waals surface area contributed by atoms with Crippen LogP contribution in [0.3, 0.4) is 0 Å². The van der Waals surface area contributed by atoms with Gasteiger partial charge in [-0.05, 0) is 23.8 Å². The van der Waals surface area contributed by atoms with Crippen molar-refractivity contribution in [1.82, 2.24) is 5.06 Å². The van der Waals surface area contributed by atoms with Crippen LogP contribution in [0.15, 0.2) is 18.2 Å². The van der Waals surface area contributed by atoms with E-state index in [1.807, 2.05) is 13.1 Å². The van der Waals surface area contributed by atoms with Gasteiger partial charge in [-0.15, -0.1) is 0 Å². The summed E-state index contributed by atoms with van der Waals surface area (Å²) in [5.41, 5.74) is 7.30. The molecule has 4 heteroatoms. The Hall–Kier alpha value is -0.770. The van der Waals surface area contributed by atoms with Gasteiger partial charge in [-0.1, -0.05) is 11.6 Å². The Bertz CT molecular complexity index is 291. The van der Waals surface area contributed by atoms with Crippen LogP contribution in [0.4, 0.5) is 5.69 Å². The van der Waals surface area contributed by atoms with Crippen molar-refractivity contribution in [2.24, 2.45) is 0 Å². The highest BCUT2D eigenvalue weighted by Gasteiger charge is 2.03. The van der Waals surface area contributed by atoms with E-state index in [9.17, 15) is 0 Å². The molecule has 1 aromatic carbocycles. The Kier molecular flexibility index (Phi) is 3.54. The maximum absolute atomic E-state index is 5.96. The molecule has 0 aromatic heterocycles. The number of hydrogen-bond donors (Lipinski definition) is 1. The highest BCUT2D eigenvalue weighted by Crippen LogP contribution is 2.19. The van der Waals surface area contributed by atoms with Crippen LogP contribution in [0, 0.1) is 0 Å². The Labute approximate surface area is 83.0 Å². The molecule has 0 radical (unpaired) electrons. The first-order valence-electron chi connectivity index (χ1n) is 3.92. The third-order valence-corrected chi connectivity index (χ3v) is 2.14. The summed E-state index contributed by atoms with van der Waals surface area (Å²) < 4.78 is 0. The largest absolute Gasteiger partial charge is 0.399 e. The second-order valence-electron chi connectivity index (χ2n) is 2.82. The van der Waals surface area contributed by atoms with Crippen LogP contribution < -0.4 is 5.73 Å². The Balaban J connectivity index is 2.81. The number of rotatable bonds is 3. The third kappa shape index (κ3) is 2.88. The quantitative estimate of drug-likeness (QED) is 0.599. The fraction of sp³-hybridized carbons (Fsp3) is 0.333. The average Bonchev–Trinajstić information content (AvgIpc) is 2.11. The van der Waals surface area contributed by atoms with E-state index in [1.165, 1.54) is 0 Å². The number of nitrogens with zero attached hydrogens (tertiary/aromatic N) is 1. The molecule has 0 fully saturated rings. The molecule has 0 atom stereocenters. The van der Waals surface area contributed by atoms with E-state index in [-0.39, 0.29) is 0 Å². The highest BCUT2D eigenvalue weighted by atomic mass is 35.5. The van der Waals surface area contributed by atoms with Gasteiger partial charge in [0, 0.05) is 17.8 Å². The van der Waals surface area contributed by atoms with E-state index in [1.54, 1.807) is 24.3 Å². The zero-order valence-corrected chi connectivity index (χ0v) is 8.51. The summed E-state index contributed by atoms with van der Waals surface area (Å²) in [5, 5.41) is 2.39.